The molecule has 0 atom stereocenters. The summed E-state index contributed by atoms with van der Waals surface area (Å²) < 4.78 is 89.4. The zero-order valence-electron chi connectivity index (χ0n) is 32.4. The molecule has 0 amide bonds. The topological polar surface area (TPSA) is 3.24 Å². The number of hydrogen-bond acceptors (Lipinski definition) is 3. The number of thiophene rings is 2. The van der Waals surface area contributed by atoms with Crippen molar-refractivity contribution >= 4 is 90.9 Å². The molecule has 0 aliphatic rings. The van der Waals surface area contributed by atoms with Crippen LogP contribution in [-0.2, 0) is 0 Å². The molecule has 0 saturated heterocycles. The standard InChI is InChI=1S/C40H25NS2/c1-3-11-28(12-4-1)41(29-13-5-2-6-14-29)30-20-23-37-36(25-30)33-21-19-27(24-38(33)42-37)32-16-9-17-34-35-22-18-26-10-7-8-15-31(26)39(35)43-40(32)34/h1-25H/i1D,2D,3D,4D,5D,6D,11D,12D,13D,14D. The van der Waals surface area contributed by atoms with Crippen LogP contribution in [0.15, 0.2) is 151 Å². The Kier molecular flexibility index (Phi) is 3.79. The molecule has 0 N–H and O–H groups in total. The van der Waals surface area contributed by atoms with E-state index in [1.807, 2.05) is 12.1 Å². The fraction of sp³-hybridized carbons (Fsp3) is 0. The summed E-state index contributed by atoms with van der Waals surface area (Å²) in [4.78, 5) is 1.20. The van der Waals surface area contributed by atoms with E-state index in [4.69, 9.17) is 13.7 Å². The summed E-state index contributed by atoms with van der Waals surface area (Å²) in [5.74, 6) is 0. The van der Waals surface area contributed by atoms with E-state index >= 15 is 0 Å². The van der Waals surface area contributed by atoms with Crippen molar-refractivity contribution in [3.8, 4) is 11.1 Å². The molecule has 9 rings (SSSR count). The number of hydrogen-bond donors (Lipinski definition) is 0. The maximum atomic E-state index is 8.79. The van der Waals surface area contributed by atoms with Crippen LogP contribution < -0.4 is 4.90 Å². The minimum atomic E-state index is -0.602. The van der Waals surface area contributed by atoms with Crippen LogP contribution >= 0.6 is 22.7 Å². The van der Waals surface area contributed by atoms with Crippen molar-refractivity contribution in [1.29, 1.82) is 0 Å². The number of benzene rings is 7. The molecule has 0 fully saturated rings. The molecule has 3 heteroatoms. The van der Waals surface area contributed by atoms with Crippen LogP contribution in [0.2, 0.25) is 0 Å². The maximum Gasteiger partial charge on any atom is 0.0645 e. The molecule has 0 unspecified atom stereocenters. The van der Waals surface area contributed by atoms with Gasteiger partial charge in [-0.25, -0.2) is 0 Å². The summed E-state index contributed by atoms with van der Waals surface area (Å²) in [6.07, 6.45) is 0. The number of para-hydroxylation sites is 2. The molecule has 0 bridgehead atoms. The summed E-state index contributed by atoms with van der Waals surface area (Å²) >= 11 is 3.38. The second kappa shape index (κ2) is 9.81. The highest BCUT2D eigenvalue weighted by Crippen LogP contribution is 2.45. The van der Waals surface area contributed by atoms with Crippen LogP contribution in [0.1, 0.15) is 13.7 Å². The Balaban J connectivity index is 1.25. The van der Waals surface area contributed by atoms with E-state index in [1.165, 1.54) is 35.8 Å². The van der Waals surface area contributed by atoms with Gasteiger partial charge in [-0.2, -0.15) is 0 Å². The molecule has 202 valence electrons. The molecule has 0 aliphatic heterocycles. The predicted molar refractivity (Wildman–Crippen MR) is 190 cm³/mol. The van der Waals surface area contributed by atoms with Crippen molar-refractivity contribution in [2.75, 3.05) is 4.90 Å². The van der Waals surface area contributed by atoms with Crippen LogP contribution in [0.25, 0.3) is 62.2 Å². The molecular formula is C40H25NS2. The van der Waals surface area contributed by atoms with Crippen LogP contribution in [0.4, 0.5) is 17.1 Å². The third-order valence-corrected chi connectivity index (χ3v) is 10.3. The normalized spacial score (nSPS) is 15.0. The first-order chi connectivity index (χ1) is 25.5. The highest BCUT2D eigenvalue weighted by molar-refractivity contribution is 7.27. The van der Waals surface area contributed by atoms with Crippen LogP contribution in [0, 0.1) is 0 Å². The average Bonchev–Trinajstić information content (AvgIpc) is 3.75. The molecule has 2 heterocycles. The van der Waals surface area contributed by atoms with E-state index in [1.54, 1.807) is 34.8 Å². The summed E-state index contributed by atoms with van der Waals surface area (Å²) in [6, 6.07) is 25.0. The molecule has 9 aromatic rings. The van der Waals surface area contributed by atoms with Gasteiger partial charge >= 0.3 is 0 Å². The van der Waals surface area contributed by atoms with Gasteiger partial charge in [0.1, 0.15) is 0 Å². The largest absolute Gasteiger partial charge is 0.310 e. The van der Waals surface area contributed by atoms with Crippen molar-refractivity contribution in [2.45, 2.75) is 0 Å². The first-order valence-electron chi connectivity index (χ1n) is 18.7. The summed E-state index contributed by atoms with van der Waals surface area (Å²) in [6.45, 7) is 0. The van der Waals surface area contributed by atoms with E-state index < -0.39 is 60.4 Å². The maximum absolute atomic E-state index is 8.79. The molecule has 0 spiro atoms. The van der Waals surface area contributed by atoms with Gasteiger partial charge in [-0.15, -0.1) is 22.7 Å². The quantitative estimate of drug-likeness (QED) is 0.196. The molecule has 7 aromatic carbocycles. The minimum absolute atomic E-state index is 0.278. The highest BCUT2D eigenvalue weighted by atomic mass is 32.1. The van der Waals surface area contributed by atoms with Gasteiger partial charge in [0, 0.05) is 57.4 Å². The Morgan fingerprint density at radius 1 is 0.465 bits per heavy atom. The van der Waals surface area contributed by atoms with Crippen LogP contribution in [0.3, 0.4) is 0 Å². The minimum Gasteiger partial charge on any atom is -0.310 e. The number of fused-ring (bicyclic) bond motifs is 8. The van der Waals surface area contributed by atoms with Crippen LogP contribution in [0.5, 0.6) is 0 Å². The second-order valence-electron chi connectivity index (χ2n) is 10.2. The first kappa shape index (κ1) is 16.6. The molecule has 43 heavy (non-hydrogen) atoms. The van der Waals surface area contributed by atoms with Gasteiger partial charge in [-0.3, -0.25) is 0 Å². The average molecular weight is 594 g/mol. The lowest BCUT2D eigenvalue weighted by molar-refractivity contribution is 1.29. The third kappa shape index (κ3) is 3.97. The van der Waals surface area contributed by atoms with Crippen LogP contribution in [-0.4, -0.2) is 0 Å². The highest BCUT2D eigenvalue weighted by Gasteiger charge is 2.16. The summed E-state index contributed by atoms with van der Waals surface area (Å²) in [5, 5.41) is 6.60. The monoisotopic (exact) mass is 593 g/mol. The summed E-state index contributed by atoms with van der Waals surface area (Å²) in [7, 11) is 0. The number of nitrogens with zero attached hydrogens (tertiary/aromatic N) is 1. The smallest absolute Gasteiger partial charge is 0.0645 e. The fourth-order valence-corrected chi connectivity index (χ4v) is 8.40. The van der Waals surface area contributed by atoms with E-state index in [9.17, 15) is 0 Å². The lowest BCUT2D eigenvalue weighted by Crippen LogP contribution is -2.09. The van der Waals surface area contributed by atoms with Gasteiger partial charge in [0.2, 0.25) is 0 Å². The van der Waals surface area contributed by atoms with Crippen molar-refractivity contribution < 1.29 is 13.7 Å². The Hall–Kier alpha value is -4.96. The van der Waals surface area contributed by atoms with Crippen molar-refractivity contribution in [2.24, 2.45) is 0 Å². The lowest BCUT2D eigenvalue weighted by Gasteiger charge is -2.25. The zero-order chi connectivity index (χ0) is 37.0. The van der Waals surface area contributed by atoms with E-state index in [2.05, 4.69) is 66.7 Å². The van der Waals surface area contributed by atoms with Crippen molar-refractivity contribution in [3.05, 3.63) is 151 Å². The number of rotatable bonds is 4. The molecule has 2 aromatic heterocycles. The van der Waals surface area contributed by atoms with Gasteiger partial charge in [-0.05, 0) is 70.3 Å². The molecule has 0 radical (unpaired) electrons. The molecule has 0 saturated carbocycles. The predicted octanol–water partition coefficient (Wildman–Crippen LogP) is 12.7. The fourth-order valence-electron chi connectivity index (χ4n) is 5.91. The van der Waals surface area contributed by atoms with E-state index in [0.717, 1.165) is 31.3 Å². The van der Waals surface area contributed by atoms with Gasteiger partial charge < -0.3 is 4.90 Å². The Bertz CT molecular complexity index is 2910. The summed E-state index contributed by atoms with van der Waals surface area (Å²) in [5.41, 5.74) is 1.83. The Morgan fingerprint density at radius 2 is 1.19 bits per heavy atom. The number of anilines is 3. The first-order valence-corrected chi connectivity index (χ1v) is 15.3. The Morgan fingerprint density at radius 3 is 2.00 bits per heavy atom. The van der Waals surface area contributed by atoms with Crippen molar-refractivity contribution in [3.63, 3.8) is 0 Å². The van der Waals surface area contributed by atoms with Gasteiger partial charge in [0.25, 0.3) is 0 Å². The van der Waals surface area contributed by atoms with E-state index in [-0.39, 0.29) is 17.1 Å². The van der Waals surface area contributed by atoms with E-state index in [0.29, 0.717) is 0 Å². The SMILES string of the molecule is [2H]c1c([2H])c([2H])c(N(c2ccc3sc4cc(-c5cccc6c5sc5c7ccccc7ccc65)ccc4c3c2)c2c([2H])c([2H])c([2H])c([2H])c2[2H])c([2H])c1[2H]. The second-order valence-corrected chi connectivity index (χ2v) is 12.3. The molecule has 1 nitrogen and oxygen atoms in total. The molecular weight excluding hydrogens is 559 g/mol. The van der Waals surface area contributed by atoms with Gasteiger partial charge in [0.15, 0.2) is 0 Å². The third-order valence-electron chi connectivity index (χ3n) is 7.83. The zero-order valence-corrected chi connectivity index (χ0v) is 24.1. The Labute approximate surface area is 271 Å². The molecule has 0 aliphatic carbocycles. The van der Waals surface area contributed by atoms with Crippen molar-refractivity contribution in [1.82, 2.24) is 0 Å². The van der Waals surface area contributed by atoms with Gasteiger partial charge in [0.05, 0.1) is 13.7 Å². The lowest BCUT2D eigenvalue weighted by atomic mass is 10.0. The van der Waals surface area contributed by atoms with Gasteiger partial charge in [-0.1, -0.05) is 103 Å².